The predicted molar refractivity (Wildman–Crippen MR) is 109 cm³/mol. The first-order valence-electron chi connectivity index (χ1n) is 10.1. The van der Waals surface area contributed by atoms with Gasteiger partial charge in [-0.2, -0.15) is 0 Å². The van der Waals surface area contributed by atoms with E-state index in [1.54, 1.807) is 12.1 Å². The molecule has 0 saturated carbocycles. The van der Waals surface area contributed by atoms with Crippen LogP contribution in [0.3, 0.4) is 0 Å². The van der Waals surface area contributed by atoms with Crippen molar-refractivity contribution in [1.29, 1.82) is 0 Å². The van der Waals surface area contributed by atoms with Crippen LogP contribution in [0, 0.1) is 12.7 Å². The quantitative estimate of drug-likeness (QED) is 0.450. The fourth-order valence-corrected chi connectivity index (χ4v) is 3.43. The Bertz CT molecular complexity index is 768. The van der Waals surface area contributed by atoms with Crippen molar-refractivity contribution in [3.8, 4) is 0 Å². The second-order valence-electron chi connectivity index (χ2n) is 7.16. The molecule has 1 N–H and O–H groups in total. The largest absolute Gasteiger partial charge is 0.361 e. The van der Waals surface area contributed by atoms with Crippen molar-refractivity contribution in [2.24, 2.45) is 4.99 Å². The summed E-state index contributed by atoms with van der Waals surface area (Å²) >= 11 is 0. The molecule has 1 aliphatic rings. The molecule has 28 heavy (non-hydrogen) atoms. The van der Waals surface area contributed by atoms with E-state index in [4.69, 9.17) is 9.52 Å². The zero-order valence-corrected chi connectivity index (χ0v) is 16.8. The van der Waals surface area contributed by atoms with Gasteiger partial charge in [0.15, 0.2) is 5.96 Å². The molecule has 2 heterocycles. The second-order valence-corrected chi connectivity index (χ2v) is 7.16. The first-order valence-corrected chi connectivity index (χ1v) is 10.1. The Labute approximate surface area is 166 Å². The van der Waals surface area contributed by atoms with E-state index in [2.05, 4.69) is 27.2 Å². The molecule has 1 aromatic heterocycles. The highest BCUT2D eigenvalue weighted by atomic mass is 19.1. The van der Waals surface area contributed by atoms with Crippen LogP contribution in [-0.2, 0) is 13.0 Å². The van der Waals surface area contributed by atoms with Crippen molar-refractivity contribution in [3.05, 3.63) is 53.2 Å². The number of hydrogen-bond acceptors (Lipinski definition) is 4. The molecule has 1 aliphatic heterocycles. The summed E-state index contributed by atoms with van der Waals surface area (Å²) in [5.74, 6) is 1.65. The Kier molecular flexibility index (Phi) is 7.42. The standard InChI is InChI=1S/C21H30FN5O/c1-3-23-21(24-9-5-7-18-6-4-8-19(22)15-18)27-12-10-26(11-13-27)16-20-14-17(2)28-25-20/h4,6,8,14-15H,3,5,7,9-13,16H2,1-2H3,(H,23,24). The van der Waals surface area contributed by atoms with Gasteiger partial charge in [0.25, 0.3) is 0 Å². The van der Waals surface area contributed by atoms with Crippen LogP contribution in [0.5, 0.6) is 0 Å². The number of aliphatic imine (C=N–C) groups is 1. The minimum Gasteiger partial charge on any atom is -0.361 e. The van der Waals surface area contributed by atoms with Gasteiger partial charge in [-0.05, 0) is 44.4 Å². The monoisotopic (exact) mass is 387 g/mol. The normalized spacial score (nSPS) is 15.8. The summed E-state index contributed by atoms with van der Waals surface area (Å²) in [4.78, 5) is 9.48. The van der Waals surface area contributed by atoms with Crippen molar-refractivity contribution >= 4 is 5.96 Å². The number of piperazine rings is 1. The third-order valence-electron chi connectivity index (χ3n) is 4.84. The van der Waals surface area contributed by atoms with Crippen molar-refractivity contribution < 1.29 is 8.91 Å². The highest BCUT2D eigenvalue weighted by Crippen LogP contribution is 2.10. The van der Waals surface area contributed by atoms with Gasteiger partial charge in [-0.25, -0.2) is 4.39 Å². The van der Waals surface area contributed by atoms with Crippen molar-refractivity contribution in [2.45, 2.75) is 33.2 Å². The van der Waals surface area contributed by atoms with Gasteiger partial charge in [0.05, 0.1) is 5.69 Å². The highest BCUT2D eigenvalue weighted by Gasteiger charge is 2.20. The summed E-state index contributed by atoms with van der Waals surface area (Å²) in [7, 11) is 0. The lowest BCUT2D eigenvalue weighted by atomic mass is 10.1. The average Bonchev–Trinajstić information content (AvgIpc) is 3.10. The fourth-order valence-electron chi connectivity index (χ4n) is 3.43. The van der Waals surface area contributed by atoms with Gasteiger partial charge < -0.3 is 14.7 Å². The summed E-state index contributed by atoms with van der Waals surface area (Å²) in [5, 5.41) is 7.48. The third-order valence-corrected chi connectivity index (χ3v) is 4.84. The van der Waals surface area contributed by atoms with Crippen LogP contribution in [0.1, 0.15) is 30.4 Å². The molecule has 0 spiro atoms. The number of aryl methyl sites for hydroxylation is 2. The lowest BCUT2D eigenvalue weighted by Crippen LogP contribution is -2.52. The van der Waals surface area contributed by atoms with Gasteiger partial charge >= 0.3 is 0 Å². The number of nitrogens with one attached hydrogen (secondary N) is 1. The summed E-state index contributed by atoms with van der Waals surface area (Å²) in [6, 6.07) is 8.81. The van der Waals surface area contributed by atoms with Crippen molar-refractivity contribution in [3.63, 3.8) is 0 Å². The summed E-state index contributed by atoms with van der Waals surface area (Å²) in [6.45, 7) is 10.2. The molecular weight excluding hydrogens is 357 g/mol. The Morgan fingerprint density at radius 3 is 2.75 bits per heavy atom. The zero-order valence-electron chi connectivity index (χ0n) is 16.8. The van der Waals surface area contributed by atoms with Crippen LogP contribution in [0.2, 0.25) is 0 Å². The number of nitrogens with zero attached hydrogens (tertiary/aromatic N) is 4. The van der Waals surface area contributed by atoms with Gasteiger partial charge in [-0.15, -0.1) is 0 Å². The molecule has 1 fully saturated rings. The van der Waals surface area contributed by atoms with E-state index in [0.717, 1.165) is 81.6 Å². The van der Waals surface area contributed by atoms with Crippen molar-refractivity contribution in [1.82, 2.24) is 20.3 Å². The number of rotatable bonds is 7. The molecule has 0 atom stereocenters. The van der Waals surface area contributed by atoms with Gasteiger partial charge in [-0.3, -0.25) is 9.89 Å². The molecule has 3 rings (SSSR count). The molecule has 1 aromatic carbocycles. The average molecular weight is 388 g/mol. The van der Waals surface area contributed by atoms with Crippen LogP contribution in [0.15, 0.2) is 39.8 Å². The number of benzene rings is 1. The van der Waals surface area contributed by atoms with Crippen LogP contribution in [-0.4, -0.2) is 60.2 Å². The molecular formula is C21H30FN5O. The molecule has 0 unspecified atom stereocenters. The maximum atomic E-state index is 13.3. The number of halogens is 1. The van der Waals surface area contributed by atoms with E-state index in [1.807, 2.05) is 19.1 Å². The van der Waals surface area contributed by atoms with E-state index in [0.29, 0.717) is 0 Å². The first-order chi connectivity index (χ1) is 13.6. The first kappa shape index (κ1) is 20.3. The topological polar surface area (TPSA) is 56.9 Å². The molecule has 2 aromatic rings. The molecule has 0 radical (unpaired) electrons. The lowest BCUT2D eigenvalue weighted by molar-refractivity contribution is 0.169. The molecule has 0 amide bonds. The number of guanidine groups is 1. The van der Waals surface area contributed by atoms with E-state index < -0.39 is 0 Å². The zero-order chi connectivity index (χ0) is 19.8. The molecule has 6 nitrogen and oxygen atoms in total. The molecule has 1 saturated heterocycles. The van der Waals surface area contributed by atoms with Crippen LogP contribution in [0.25, 0.3) is 0 Å². The summed E-state index contributed by atoms with van der Waals surface area (Å²) in [6.07, 6.45) is 1.75. The smallest absolute Gasteiger partial charge is 0.194 e. The van der Waals surface area contributed by atoms with Gasteiger partial charge in [0, 0.05) is 51.9 Å². The second kappa shape index (κ2) is 10.2. The van der Waals surface area contributed by atoms with Crippen LogP contribution in [0.4, 0.5) is 4.39 Å². The molecule has 0 aliphatic carbocycles. The summed E-state index contributed by atoms with van der Waals surface area (Å²) in [5.41, 5.74) is 2.01. The highest BCUT2D eigenvalue weighted by molar-refractivity contribution is 5.80. The number of hydrogen-bond donors (Lipinski definition) is 1. The van der Waals surface area contributed by atoms with Gasteiger partial charge in [0.2, 0.25) is 0 Å². The Hall–Kier alpha value is -2.41. The van der Waals surface area contributed by atoms with E-state index in [1.165, 1.54) is 6.07 Å². The third kappa shape index (κ3) is 6.05. The van der Waals surface area contributed by atoms with Gasteiger partial charge in [0.1, 0.15) is 11.6 Å². The minimum atomic E-state index is -0.173. The predicted octanol–water partition coefficient (Wildman–Crippen LogP) is 2.84. The van der Waals surface area contributed by atoms with E-state index in [9.17, 15) is 4.39 Å². The Morgan fingerprint density at radius 1 is 1.25 bits per heavy atom. The summed E-state index contributed by atoms with van der Waals surface area (Å²) < 4.78 is 18.4. The maximum absolute atomic E-state index is 13.3. The van der Waals surface area contributed by atoms with E-state index >= 15 is 0 Å². The van der Waals surface area contributed by atoms with Gasteiger partial charge in [-0.1, -0.05) is 17.3 Å². The maximum Gasteiger partial charge on any atom is 0.194 e. The fraction of sp³-hybridized carbons (Fsp3) is 0.524. The van der Waals surface area contributed by atoms with Crippen LogP contribution < -0.4 is 5.32 Å². The van der Waals surface area contributed by atoms with Crippen LogP contribution >= 0.6 is 0 Å². The molecule has 152 valence electrons. The Balaban J connectivity index is 1.46. The molecule has 0 bridgehead atoms. The Morgan fingerprint density at radius 2 is 2.07 bits per heavy atom. The van der Waals surface area contributed by atoms with Crippen molar-refractivity contribution in [2.75, 3.05) is 39.3 Å². The number of aromatic nitrogens is 1. The van der Waals surface area contributed by atoms with E-state index in [-0.39, 0.29) is 5.82 Å². The minimum absolute atomic E-state index is 0.173. The molecule has 7 heteroatoms. The SMILES string of the molecule is CCNC(=NCCCc1cccc(F)c1)N1CCN(Cc2cc(C)on2)CC1. The lowest BCUT2D eigenvalue weighted by Gasteiger charge is -2.36.